The van der Waals surface area contributed by atoms with Gasteiger partial charge in [0.2, 0.25) is 11.9 Å². The fraction of sp³-hybridized carbons (Fsp3) is 0.333. The molecule has 0 aliphatic carbocycles. The summed E-state index contributed by atoms with van der Waals surface area (Å²) in [4.78, 5) is 27.2. The van der Waals surface area contributed by atoms with E-state index in [2.05, 4.69) is 30.6 Å². The Morgan fingerprint density at radius 3 is 2.91 bits per heavy atom. The molecule has 10 nitrogen and oxygen atoms in total. The minimum atomic E-state index is -0.0480. The number of carbonyl (C=O) groups excluding carboxylic acids is 1. The van der Waals surface area contributed by atoms with Gasteiger partial charge in [-0.15, -0.1) is 0 Å². The average molecular weight is 460 g/mol. The minimum absolute atomic E-state index is 0.0480. The Bertz CT molecular complexity index is 1340. The van der Waals surface area contributed by atoms with Crippen molar-refractivity contribution in [3.63, 3.8) is 0 Å². The zero-order chi connectivity index (χ0) is 23.8. The molecule has 0 spiro atoms. The minimum Gasteiger partial charge on any atom is -0.359 e. The van der Waals surface area contributed by atoms with Crippen LogP contribution in [0.15, 0.2) is 36.7 Å². The van der Waals surface area contributed by atoms with E-state index in [9.17, 15) is 4.79 Å². The molecule has 0 bridgehead atoms. The molecule has 1 aliphatic heterocycles. The van der Waals surface area contributed by atoms with Crippen LogP contribution in [-0.4, -0.2) is 61.2 Å². The molecule has 1 fully saturated rings. The van der Waals surface area contributed by atoms with Crippen LogP contribution in [0.4, 0.5) is 17.5 Å². The highest BCUT2D eigenvalue weighted by Gasteiger charge is 2.21. The monoisotopic (exact) mass is 459 g/mol. The Balaban J connectivity index is 1.40. The molecule has 34 heavy (non-hydrogen) atoms. The Morgan fingerprint density at radius 2 is 2.18 bits per heavy atom. The number of benzene rings is 1. The molecule has 4 aromatic rings. The summed E-state index contributed by atoms with van der Waals surface area (Å²) in [6.45, 7) is 5.92. The van der Waals surface area contributed by atoms with Crippen LogP contribution in [0.3, 0.4) is 0 Å². The van der Waals surface area contributed by atoms with Crippen LogP contribution in [0.5, 0.6) is 0 Å². The van der Waals surface area contributed by atoms with Gasteiger partial charge in [0.25, 0.3) is 0 Å². The van der Waals surface area contributed by atoms with E-state index in [1.54, 1.807) is 10.9 Å². The van der Waals surface area contributed by atoms with E-state index >= 15 is 0 Å². The van der Waals surface area contributed by atoms with E-state index in [1.807, 2.05) is 51.4 Å². The molecule has 1 aromatic carbocycles. The summed E-state index contributed by atoms with van der Waals surface area (Å²) in [5, 5.41) is 11.6. The maximum Gasteiger partial charge on any atom is 0.238 e. The van der Waals surface area contributed by atoms with Gasteiger partial charge in [-0.2, -0.15) is 5.10 Å². The van der Waals surface area contributed by atoms with E-state index in [-0.39, 0.29) is 11.9 Å². The highest BCUT2D eigenvalue weighted by Crippen LogP contribution is 2.33. The normalized spacial score (nSPS) is 16.3. The highest BCUT2D eigenvalue weighted by atomic mass is 16.2. The molecule has 1 amide bonds. The molecular formula is C24H29N9O. The van der Waals surface area contributed by atoms with Gasteiger partial charge in [-0.3, -0.25) is 14.4 Å². The lowest BCUT2D eigenvalue weighted by Gasteiger charge is -2.15. The van der Waals surface area contributed by atoms with Crippen molar-refractivity contribution in [2.75, 3.05) is 30.3 Å². The zero-order valence-electron chi connectivity index (χ0n) is 19.6. The first-order chi connectivity index (χ1) is 16.4. The number of aromatic amines is 1. The molecule has 5 rings (SSSR count). The molecule has 1 saturated heterocycles. The van der Waals surface area contributed by atoms with Gasteiger partial charge in [-0.05, 0) is 31.9 Å². The molecule has 3 aromatic heterocycles. The number of hydrogen-bond acceptors (Lipinski definition) is 7. The van der Waals surface area contributed by atoms with Crippen LogP contribution in [0.1, 0.15) is 17.7 Å². The van der Waals surface area contributed by atoms with Gasteiger partial charge in [0.1, 0.15) is 0 Å². The van der Waals surface area contributed by atoms with E-state index in [4.69, 9.17) is 10.7 Å². The number of aromatic nitrogens is 5. The van der Waals surface area contributed by atoms with Crippen LogP contribution < -0.4 is 16.4 Å². The molecule has 10 heteroatoms. The van der Waals surface area contributed by atoms with Gasteiger partial charge in [-0.1, -0.05) is 12.1 Å². The number of H-pyrrole nitrogens is 1. The summed E-state index contributed by atoms with van der Waals surface area (Å²) in [7, 11) is 1.89. The second-order valence-electron chi connectivity index (χ2n) is 8.91. The number of anilines is 3. The first-order valence-electron chi connectivity index (χ1n) is 11.4. The fourth-order valence-electron chi connectivity index (χ4n) is 4.36. The maximum atomic E-state index is 12.6. The number of likely N-dealkylation sites (tertiary alicyclic amines) is 1. The highest BCUT2D eigenvalue weighted by molar-refractivity contribution is 6.06. The predicted octanol–water partition coefficient (Wildman–Crippen LogP) is 2.69. The first-order valence-corrected chi connectivity index (χ1v) is 11.4. The summed E-state index contributed by atoms with van der Waals surface area (Å²) in [6.07, 6.45) is 4.65. The average Bonchev–Trinajstić information content (AvgIpc) is 3.49. The van der Waals surface area contributed by atoms with Gasteiger partial charge >= 0.3 is 0 Å². The van der Waals surface area contributed by atoms with Gasteiger partial charge in [0.15, 0.2) is 5.82 Å². The molecule has 0 radical (unpaired) electrons. The lowest BCUT2D eigenvalue weighted by Crippen LogP contribution is -2.33. The first kappa shape index (κ1) is 22.1. The van der Waals surface area contributed by atoms with Crippen molar-refractivity contribution in [1.29, 1.82) is 0 Å². The van der Waals surface area contributed by atoms with E-state index in [0.717, 1.165) is 58.6 Å². The van der Waals surface area contributed by atoms with E-state index < -0.39 is 0 Å². The maximum absolute atomic E-state index is 12.6. The third-order valence-corrected chi connectivity index (χ3v) is 6.25. The lowest BCUT2D eigenvalue weighted by atomic mass is 10.1. The summed E-state index contributed by atoms with van der Waals surface area (Å²) >= 11 is 0. The summed E-state index contributed by atoms with van der Waals surface area (Å²) in [5.74, 6) is 1.12. The van der Waals surface area contributed by atoms with Crippen LogP contribution in [0.25, 0.3) is 22.2 Å². The largest absolute Gasteiger partial charge is 0.359 e. The number of amides is 1. The predicted molar refractivity (Wildman–Crippen MR) is 133 cm³/mol. The fourth-order valence-corrected chi connectivity index (χ4v) is 4.36. The van der Waals surface area contributed by atoms with Crippen LogP contribution in [0.2, 0.25) is 0 Å². The number of nitrogens with one attached hydrogen (secondary N) is 3. The van der Waals surface area contributed by atoms with Gasteiger partial charge < -0.3 is 21.4 Å². The summed E-state index contributed by atoms with van der Waals surface area (Å²) in [5.41, 5.74) is 11.3. The third kappa shape index (κ3) is 4.37. The van der Waals surface area contributed by atoms with E-state index in [1.165, 1.54) is 0 Å². The van der Waals surface area contributed by atoms with Crippen molar-refractivity contribution in [1.82, 2.24) is 29.6 Å². The van der Waals surface area contributed by atoms with Gasteiger partial charge in [-0.25, -0.2) is 9.97 Å². The number of carbonyl (C=O) groups is 1. The number of nitrogens with zero attached hydrogens (tertiary/aromatic N) is 5. The molecular weight excluding hydrogens is 430 g/mol. The van der Waals surface area contributed by atoms with Crippen molar-refractivity contribution in [2.45, 2.75) is 26.3 Å². The second kappa shape index (κ2) is 8.88. The Labute approximate surface area is 197 Å². The number of aryl methyl sites for hydroxylation is 3. The number of nitrogens with two attached hydrogens (primary N) is 1. The van der Waals surface area contributed by atoms with Gasteiger partial charge in [0, 0.05) is 61.3 Å². The molecule has 5 N–H and O–H groups in total. The smallest absolute Gasteiger partial charge is 0.238 e. The number of rotatable bonds is 6. The Kier molecular flexibility index (Phi) is 5.76. The standard InChI is InChI=1S/C24H29N9O/c1-14-10-27-24(29-20-9-15(2)32(3)31-20)30-22(14)18-11-26-23-17(18)5-4-6-19(23)28-21(34)13-33-8-7-16(25)12-33/h4-6,9-11,16,26H,7-8,12-13,25H2,1-3H3,(H,28,34)(H,27,29,30,31). The molecule has 1 unspecified atom stereocenters. The Morgan fingerprint density at radius 1 is 1.32 bits per heavy atom. The quantitative estimate of drug-likeness (QED) is 0.349. The Hall–Kier alpha value is -3.76. The molecule has 0 saturated carbocycles. The second-order valence-corrected chi connectivity index (χ2v) is 8.91. The zero-order valence-corrected chi connectivity index (χ0v) is 19.6. The lowest BCUT2D eigenvalue weighted by molar-refractivity contribution is -0.117. The third-order valence-electron chi connectivity index (χ3n) is 6.25. The van der Waals surface area contributed by atoms with Gasteiger partial charge in [0.05, 0.1) is 23.4 Å². The van der Waals surface area contributed by atoms with E-state index in [0.29, 0.717) is 18.3 Å². The van der Waals surface area contributed by atoms with Crippen molar-refractivity contribution >= 4 is 34.3 Å². The van der Waals surface area contributed by atoms with Crippen LogP contribution >= 0.6 is 0 Å². The molecule has 176 valence electrons. The SMILES string of the molecule is Cc1cnc(Nc2cc(C)n(C)n2)nc1-c1c[nH]c2c(NC(=O)CN3CCC(N)C3)cccc12. The van der Waals surface area contributed by atoms with Crippen LogP contribution in [0, 0.1) is 13.8 Å². The number of fused-ring (bicyclic) bond motifs is 1. The van der Waals surface area contributed by atoms with Crippen molar-refractivity contribution in [2.24, 2.45) is 12.8 Å². The number of hydrogen-bond donors (Lipinski definition) is 4. The van der Waals surface area contributed by atoms with Crippen molar-refractivity contribution in [3.8, 4) is 11.3 Å². The summed E-state index contributed by atoms with van der Waals surface area (Å²) < 4.78 is 1.80. The van der Waals surface area contributed by atoms with Crippen LogP contribution in [-0.2, 0) is 11.8 Å². The van der Waals surface area contributed by atoms with Crippen molar-refractivity contribution < 1.29 is 4.79 Å². The topological polar surface area (TPSA) is 130 Å². The molecule has 4 heterocycles. The summed E-state index contributed by atoms with van der Waals surface area (Å²) in [6, 6.07) is 7.96. The molecule has 1 atom stereocenters. The molecule has 1 aliphatic rings. The van der Waals surface area contributed by atoms with Crippen molar-refractivity contribution in [3.05, 3.63) is 47.9 Å². The number of para-hydroxylation sites is 1.